The van der Waals surface area contributed by atoms with Gasteiger partial charge in [-0.2, -0.15) is 9.78 Å². The number of hydrogen-bond donors (Lipinski definition) is 1. The van der Waals surface area contributed by atoms with Gasteiger partial charge in [0, 0.05) is 0 Å². The van der Waals surface area contributed by atoms with Crippen molar-refractivity contribution in [3.63, 3.8) is 0 Å². The fourth-order valence-electron chi connectivity index (χ4n) is 2.91. The molecule has 0 unspecified atom stereocenters. The molecule has 0 bridgehead atoms. The van der Waals surface area contributed by atoms with Gasteiger partial charge in [0.05, 0.1) is 33.6 Å². The summed E-state index contributed by atoms with van der Waals surface area (Å²) in [7, 11) is 0. The van der Waals surface area contributed by atoms with Crippen LogP contribution in [0.25, 0.3) is 15.9 Å². The number of carbonyl (C=O) groups excluding carboxylic acids is 2. The molecule has 2 aromatic heterocycles. The van der Waals surface area contributed by atoms with Crippen molar-refractivity contribution >= 4 is 50.2 Å². The smallest absolute Gasteiger partial charge is 0.362 e. The van der Waals surface area contributed by atoms with E-state index < -0.39 is 24.0 Å². The lowest BCUT2D eigenvalue weighted by Crippen LogP contribution is -2.27. The van der Waals surface area contributed by atoms with E-state index in [1.807, 2.05) is 24.3 Å². The molecule has 1 amide bonds. The summed E-state index contributed by atoms with van der Waals surface area (Å²) in [6.45, 7) is 1.25. The molecule has 168 valence electrons. The van der Waals surface area contributed by atoms with E-state index in [1.54, 1.807) is 31.2 Å². The van der Waals surface area contributed by atoms with Crippen LogP contribution < -0.4 is 15.6 Å². The summed E-state index contributed by atoms with van der Waals surface area (Å²) in [6, 6.07) is 15.1. The van der Waals surface area contributed by atoms with Crippen molar-refractivity contribution in [2.75, 3.05) is 18.5 Å². The number of ether oxygens (including phenoxy) is 2. The number of nitrogens with one attached hydrogen (secondary N) is 1. The van der Waals surface area contributed by atoms with Crippen molar-refractivity contribution in [2.45, 2.75) is 6.92 Å². The summed E-state index contributed by atoms with van der Waals surface area (Å²) in [5, 5.41) is 7.41. The van der Waals surface area contributed by atoms with E-state index in [2.05, 4.69) is 15.4 Å². The molecule has 2 heterocycles. The largest absolute Gasteiger partial charge is 0.481 e. The first-order chi connectivity index (χ1) is 16.0. The van der Waals surface area contributed by atoms with Crippen LogP contribution in [0.3, 0.4) is 0 Å². The minimum atomic E-state index is -0.806. The molecule has 2 aromatic carbocycles. The van der Waals surface area contributed by atoms with Crippen molar-refractivity contribution in [1.82, 2.24) is 14.8 Å². The SMILES string of the molecule is CCOC(=O)c1nn(-c2ccccc2Cl)c(=O)cc1OCC(=O)Nc1nc2ccccc2s1. The van der Waals surface area contributed by atoms with E-state index in [-0.39, 0.29) is 28.8 Å². The molecule has 0 spiro atoms. The lowest BCUT2D eigenvalue weighted by Gasteiger charge is -2.13. The van der Waals surface area contributed by atoms with E-state index in [1.165, 1.54) is 11.3 Å². The summed E-state index contributed by atoms with van der Waals surface area (Å²) in [4.78, 5) is 41.8. The van der Waals surface area contributed by atoms with Gasteiger partial charge in [0.25, 0.3) is 11.5 Å². The number of rotatable bonds is 7. The van der Waals surface area contributed by atoms with E-state index in [0.717, 1.165) is 21.0 Å². The van der Waals surface area contributed by atoms with Gasteiger partial charge in [-0.25, -0.2) is 9.78 Å². The topological polar surface area (TPSA) is 112 Å². The standard InChI is InChI=1S/C22H17ClN4O5S/c1-2-31-21(30)20-16(11-19(29)27(26-20)15-9-5-3-7-13(15)23)32-12-18(28)25-22-24-14-8-4-6-10-17(14)33-22/h3-11H,2,12H2,1H3,(H,24,25,28). The van der Waals surface area contributed by atoms with Gasteiger partial charge in [-0.3, -0.25) is 14.9 Å². The number of carbonyl (C=O) groups is 2. The Morgan fingerprint density at radius 2 is 1.91 bits per heavy atom. The molecular formula is C22H17ClN4O5S. The van der Waals surface area contributed by atoms with Crippen LogP contribution in [0.1, 0.15) is 17.4 Å². The number of halogens is 1. The maximum Gasteiger partial charge on any atom is 0.362 e. The summed E-state index contributed by atoms with van der Waals surface area (Å²) < 4.78 is 12.4. The highest BCUT2D eigenvalue weighted by Crippen LogP contribution is 2.25. The van der Waals surface area contributed by atoms with Gasteiger partial charge in [0.2, 0.25) is 5.69 Å². The first kappa shape index (κ1) is 22.4. The summed E-state index contributed by atoms with van der Waals surface area (Å²) in [6.07, 6.45) is 0. The molecule has 0 aliphatic rings. The van der Waals surface area contributed by atoms with Crippen molar-refractivity contribution in [3.8, 4) is 11.4 Å². The molecule has 0 atom stereocenters. The van der Waals surface area contributed by atoms with Crippen LogP contribution in [0.15, 0.2) is 59.4 Å². The predicted molar refractivity (Wildman–Crippen MR) is 125 cm³/mol. The number of para-hydroxylation sites is 2. The Morgan fingerprint density at radius 3 is 2.67 bits per heavy atom. The second-order valence-corrected chi connectivity index (χ2v) is 8.04. The molecular weight excluding hydrogens is 468 g/mol. The van der Waals surface area contributed by atoms with Gasteiger partial charge >= 0.3 is 5.97 Å². The number of benzene rings is 2. The Hall–Kier alpha value is -3.76. The van der Waals surface area contributed by atoms with E-state index in [0.29, 0.717) is 5.13 Å². The van der Waals surface area contributed by atoms with Crippen LogP contribution in [0.4, 0.5) is 5.13 Å². The molecule has 4 rings (SSSR count). The summed E-state index contributed by atoms with van der Waals surface area (Å²) >= 11 is 7.48. The van der Waals surface area contributed by atoms with Crippen LogP contribution in [0.5, 0.6) is 5.75 Å². The molecule has 1 N–H and O–H groups in total. The van der Waals surface area contributed by atoms with Crippen LogP contribution in [-0.2, 0) is 9.53 Å². The molecule has 9 nitrogen and oxygen atoms in total. The zero-order valence-corrected chi connectivity index (χ0v) is 18.9. The van der Waals surface area contributed by atoms with E-state index in [9.17, 15) is 14.4 Å². The van der Waals surface area contributed by atoms with Crippen LogP contribution in [-0.4, -0.2) is 39.9 Å². The third-order valence-electron chi connectivity index (χ3n) is 4.35. The first-order valence-corrected chi connectivity index (χ1v) is 11.0. The minimum absolute atomic E-state index is 0.0866. The number of anilines is 1. The van der Waals surface area contributed by atoms with Crippen molar-refractivity contribution in [1.29, 1.82) is 0 Å². The van der Waals surface area contributed by atoms with Crippen molar-refractivity contribution < 1.29 is 19.1 Å². The molecule has 11 heteroatoms. The second kappa shape index (κ2) is 9.80. The highest BCUT2D eigenvalue weighted by atomic mass is 35.5. The zero-order chi connectivity index (χ0) is 23.4. The molecule has 0 fully saturated rings. The van der Waals surface area contributed by atoms with Gasteiger partial charge < -0.3 is 9.47 Å². The second-order valence-electron chi connectivity index (χ2n) is 6.60. The number of hydrogen-bond acceptors (Lipinski definition) is 8. The maximum atomic E-state index is 12.7. The Kier molecular flexibility index (Phi) is 6.66. The Bertz CT molecular complexity index is 1370. The molecule has 0 saturated carbocycles. The molecule has 0 saturated heterocycles. The molecule has 33 heavy (non-hydrogen) atoms. The molecule has 4 aromatic rings. The number of amides is 1. The van der Waals surface area contributed by atoms with Crippen LogP contribution >= 0.6 is 22.9 Å². The lowest BCUT2D eigenvalue weighted by atomic mass is 10.3. The first-order valence-electron chi connectivity index (χ1n) is 9.81. The van der Waals surface area contributed by atoms with Gasteiger partial charge in [-0.15, -0.1) is 0 Å². The fourth-order valence-corrected chi connectivity index (χ4v) is 4.01. The molecule has 0 aliphatic carbocycles. The predicted octanol–water partition coefficient (Wildman–Crippen LogP) is 3.69. The van der Waals surface area contributed by atoms with Gasteiger partial charge in [0.15, 0.2) is 17.5 Å². The number of thiazole rings is 1. The third kappa shape index (κ3) is 5.02. The van der Waals surface area contributed by atoms with E-state index >= 15 is 0 Å². The van der Waals surface area contributed by atoms with Crippen molar-refractivity contribution in [2.24, 2.45) is 0 Å². The molecule has 0 aliphatic heterocycles. The normalized spacial score (nSPS) is 10.7. The highest BCUT2D eigenvalue weighted by molar-refractivity contribution is 7.22. The highest BCUT2D eigenvalue weighted by Gasteiger charge is 2.21. The Labute approximate surface area is 196 Å². The number of aromatic nitrogens is 3. The van der Waals surface area contributed by atoms with E-state index in [4.69, 9.17) is 21.1 Å². The van der Waals surface area contributed by atoms with Crippen molar-refractivity contribution in [3.05, 3.63) is 75.7 Å². The monoisotopic (exact) mass is 484 g/mol. The maximum absolute atomic E-state index is 12.7. The average Bonchev–Trinajstić information content (AvgIpc) is 3.20. The van der Waals surface area contributed by atoms with Gasteiger partial charge in [-0.1, -0.05) is 47.2 Å². The number of nitrogens with zero attached hydrogens (tertiary/aromatic N) is 3. The minimum Gasteiger partial charge on any atom is -0.481 e. The van der Waals surface area contributed by atoms with Crippen LogP contribution in [0, 0.1) is 0 Å². The fraction of sp³-hybridized carbons (Fsp3) is 0.136. The average molecular weight is 485 g/mol. The summed E-state index contributed by atoms with van der Waals surface area (Å²) in [5.41, 5.74) is 0.187. The van der Waals surface area contributed by atoms with Gasteiger partial charge in [0.1, 0.15) is 0 Å². The number of esters is 1. The van der Waals surface area contributed by atoms with Gasteiger partial charge in [-0.05, 0) is 31.2 Å². The lowest BCUT2D eigenvalue weighted by molar-refractivity contribution is -0.118. The number of fused-ring (bicyclic) bond motifs is 1. The Morgan fingerprint density at radius 1 is 1.15 bits per heavy atom. The quantitative estimate of drug-likeness (QED) is 0.398. The van der Waals surface area contributed by atoms with Crippen LogP contribution in [0.2, 0.25) is 5.02 Å². The third-order valence-corrected chi connectivity index (χ3v) is 5.62. The summed E-state index contributed by atoms with van der Waals surface area (Å²) in [5.74, 6) is -1.50. The zero-order valence-electron chi connectivity index (χ0n) is 17.3. The molecule has 0 radical (unpaired) electrons. The Balaban J connectivity index is 1.57.